The lowest BCUT2D eigenvalue weighted by atomic mass is 9.93. The summed E-state index contributed by atoms with van der Waals surface area (Å²) in [6.45, 7) is 2.47. The molecule has 1 aromatic heterocycles. The first-order chi connectivity index (χ1) is 10.8. The van der Waals surface area contributed by atoms with Gasteiger partial charge in [-0.05, 0) is 42.4 Å². The Labute approximate surface area is 134 Å². The Morgan fingerprint density at radius 3 is 2.91 bits per heavy atom. The smallest absolute Gasteiger partial charge is 0.151 e. The summed E-state index contributed by atoms with van der Waals surface area (Å²) in [4.78, 5) is 2.31. The van der Waals surface area contributed by atoms with Crippen molar-refractivity contribution in [1.29, 1.82) is 0 Å². The molecule has 2 aromatic rings. The number of anilines is 1. The third-order valence-electron chi connectivity index (χ3n) is 4.65. The lowest BCUT2D eigenvalue weighted by molar-refractivity contribution is -0.0594. The fraction of sp³-hybridized carbons (Fsp3) is 0.412. The van der Waals surface area contributed by atoms with Crippen molar-refractivity contribution < 1.29 is 4.74 Å². The number of thioether (sulfide) groups is 1. The van der Waals surface area contributed by atoms with Crippen molar-refractivity contribution in [2.75, 3.05) is 30.9 Å². The zero-order valence-electron chi connectivity index (χ0n) is 12.7. The van der Waals surface area contributed by atoms with E-state index in [9.17, 15) is 0 Å². The van der Waals surface area contributed by atoms with Gasteiger partial charge in [0.25, 0.3) is 0 Å². The third kappa shape index (κ3) is 2.29. The van der Waals surface area contributed by atoms with Gasteiger partial charge in [-0.15, -0.1) is 22.0 Å². The summed E-state index contributed by atoms with van der Waals surface area (Å²) in [5, 5.41) is 9.60. The van der Waals surface area contributed by atoms with E-state index in [1.165, 1.54) is 11.1 Å². The minimum absolute atomic E-state index is 0.172. The topological polar surface area (TPSA) is 38.2 Å². The molecular weight excluding hydrogens is 294 g/mol. The van der Waals surface area contributed by atoms with E-state index in [0.717, 1.165) is 43.4 Å². The van der Waals surface area contributed by atoms with Crippen molar-refractivity contribution in [3.8, 4) is 0 Å². The minimum Gasteiger partial charge on any atom is -0.367 e. The number of hydrogen-bond donors (Lipinski definition) is 0. The Kier molecular flexibility index (Phi) is 3.54. The molecule has 2 aliphatic rings. The van der Waals surface area contributed by atoms with Crippen LogP contribution >= 0.6 is 11.8 Å². The van der Waals surface area contributed by atoms with Crippen LogP contribution in [0, 0.1) is 0 Å². The maximum atomic E-state index is 6.26. The highest BCUT2D eigenvalue weighted by Crippen LogP contribution is 2.42. The number of aryl methyl sites for hydroxylation is 1. The van der Waals surface area contributed by atoms with Crippen molar-refractivity contribution in [3.63, 3.8) is 0 Å². The zero-order chi connectivity index (χ0) is 15.0. The van der Waals surface area contributed by atoms with E-state index < -0.39 is 0 Å². The molecule has 1 fully saturated rings. The summed E-state index contributed by atoms with van der Waals surface area (Å²) in [5.74, 6) is 0.949. The fourth-order valence-electron chi connectivity index (χ4n) is 3.54. The van der Waals surface area contributed by atoms with E-state index in [-0.39, 0.29) is 5.60 Å². The third-order valence-corrected chi connectivity index (χ3v) is 5.29. The normalized spacial score (nSPS) is 23.8. The van der Waals surface area contributed by atoms with Gasteiger partial charge in [-0.2, -0.15) is 0 Å². The first-order valence-electron chi connectivity index (χ1n) is 7.66. The maximum Gasteiger partial charge on any atom is 0.151 e. The van der Waals surface area contributed by atoms with Crippen LogP contribution in [0.4, 0.5) is 5.82 Å². The highest BCUT2D eigenvalue weighted by Gasteiger charge is 2.43. The van der Waals surface area contributed by atoms with Gasteiger partial charge < -0.3 is 9.64 Å². The second-order valence-electron chi connectivity index (χ2n) is 5.86. The van der Waals surface area contributed by atoms with Gasteiger partial charge >= 0.3 is 0 Å². The van der Waals surface area contributed by atoms with Crippen LogP contribution in [-0.4, -0.2) is 36.1 Å². The van der Waals surface area contributed by atoms with Gasteiger partial charge in [0.05, 0.1) is 13.2 Å². The zero-order valence-corrected chi connectivity index (χ0v) is 13.5. The molecule has 1 aliphatic carbocycles. The molecule has 1 aliphatic heterocycles. The van der Waals surface area contributed by atoms with Gasteiger partial charge in [0.15, 0.2) is 5.82 Å². The molecule has 0 radical (unpaired) electrons. The number of fused-ring (bicyclic) bond motifs is 2. The van der Waals surface area contributed by atoms with Crippen LogP contribution in [0.25, 0.3) is 0 Å². The number of morpholine rings is 1. The van der Waals surface area contributed by atoms with Gasteiger partial charge in [0.1, 0.15) is 10.6 Å². The van der Waals surface area contributed by atoms with Crippen LogP contribution in [0.2, 0.25) is 0 Å². The van der Waals surface area contributed by atoms with Crippen LogP contribution in [0.15, 0.2) is 41.4 Å². The predicted molar refractivity (Wildman–Crippen MR) is 88.4 cm³/mol. The average Bonchev–Trinajstić information content (AvgIpc) is 2.94. The molecule has 0 N–H and O–H groups in total. The second kappa shape index (κ2) is 5.56. The van der Waals surface area contributed by atoms with Gasteiger partial charge in [-0.25, -0.2) is 0 Å². The van der Waals surface area contributed by atoms with Crippen molar-refractivity contribution in [3.05, 3.63) is 47.5 Å². The largest absolute Gasteiger partial charge is 0.367 e. The summed E-state index contributed by atoms with van der Waals surface area (Å²) in [7, 11) is 0. The van der Waals surface area contributed by atoms with E-state index in [0.29, 0.717) is 0 Å². The molecule has 4 nitrogen and oxygen atoms in total. The molecule has 1 atom stereocenters. The summed E-state index contributed by atoms with van der Waals surface area (Å²) in [6, 6.07) is 12.8. The van der Waals surface area contributed by atoms with Gasteiger partial charge in [0.2, 0.25) is 0 Å². The Balaban J connectivity index is 1.62. The highest BCUT2D eigenvalue weighted by molar-refractivity contribution is 7.98. The van der Waals surface area contributed by atoms with Crippen molar-refractivity contribution in [1.82, 2.24) is 10.2 Å². The average molecular weight is 313 g/mol. The molecule has 0 amide bonds. The fourth-order valence-corrected chi connectivity index (χ4v) is 3.87. The Hall–Kier alpha value is -1.59. The molecule has 5 heteroatoms. The maximum absolute atomic E-state index is 6.26. The number of hydrogen-bond acceptors (Lipinski definition) is 5. The molecule has 114 valence electrons. The monoisotopic (exact) mass is 313 g/mol. The number of aromatic nitrogens is 2. The predicted octanol–water partition coefficient (Wildman–Crippen LogP) is 2.88. The molecular formula is C17H19N3OS. The summed E-state index contributed by atoms with van der Waals surface area (Å²) in [5.41, 5.74) is 2.61. The van der Waals surface area contributed by atoms with Crippen LogP contribution in [0.3, 0.4) is 0 Å². The standard InChI is InChI=1S/C17H19N3OS/c1-22-16-7-6-15(18-19-16)20-10-11-21-17(12-20)9-8-13-4-2-3-5-14(13)17/h2-7H,8-12H2,1H3. The summed E-state index contributed by atoms with van der Waals surface area (Å²) < 4.78 is 6.26. The quantitative estimate of drug-likeness (QED) is 0.797. The van der Waals surface area contributed by atoms with E-state index >= 15 is 0 Å². The SMILES string of the molecule is CSc1ccc(N2CCOC3(CCc4ccccc43)C2)nn1. The molecule has 0 saturated carbocycles. The van der Waals surface area contributed by atoms with Crippen LogP contribution < -0.4 is 4.90 Å². The van der Waals surface area contributed by atoms with Crippen molar-refractivity contribution >= 4 is 17.6 Å². The van der Waals surface area contributed by atoms with Crippen molar-refractivity contribution in [2.24, 2.45) is 0 Å². The number of benzene rings is 1. The lowest BCUT2D eigenvalue weighted by Crippen LogP contribution is -2.49. The molecule has 1 saturated heterocycles. The van der Waals surface area contributed by atoms with Crippen molar-refractivity contribution in [2.45, 2.75) is 23.5 Å². The first-order valence-corrected chi connectivity index (χ1v) is 8.88. The number of ether oxygens (including phenoxy) is 1. The van der Waals surface area contributed by atoms with E-state index in [1.54, 1.807) is 11.8 Å². The molecule has 22 heavy (non-hydrogen) atoms. The Bertz CT molecular complexity index is 672. The van der Waals surface area contributed by atoms with Crippen LogP contribution in [0.1, 0.15) is 17.5 Å². The summed E-state index contributed by atoms with van der Waals surface area (Å²) >= 11 is 1.62. The van der Waals surface area contributed by atoms with E-state index in [4.69, 9.17) is 4.74 Å². The van der Waals surface area contributed by atoms with Gasteiger partial charge in [-0.1, -0.05) is 24.3 Å². The van der Waals surface area contributed by atoms with Gasteiger partial charge in [-0.3, -0.25) is 0 Å². The molecule has 1 unspecified atom stereocenters. The molecule has 0 bridgehead atoms. The molecule has 4 rings (SSSR count). The first kappa shape index (κ1) is 14.0. The summed E-state index contributed by atoms with van der Waals surface area (Å²) in [6.07, 6.45) is 4.17. The van der Waals surface area contributed by atoms with Crippen LogP contribution in [-0.2, 0) is 16.8 Å². The highest BCUT2D eigenvalue weighted by atomic mass is 32.2. The minimum atomic E-state index is -0.172. The Morgan fingerprint density at radius 1 is 1.18 bits per heavy atom. The second-order valence-corrected chi connectivity index (χ2v) is 6.68. The molecule has 1 aromatic carbocycles. The number of rotatable bonds is 2. The molecule has 1 spiro atoms. The van der Waals surface area contributed by atoms with E-state index in [2.05, 4.69) is 45.4 Å². The number of nitrogens with zero attached hydrogens (tertiary/aromatic N) is 3. The van der Waals surface area contributed by atoms with Crippen LogP contribution in [0.5, 0.6) is 0 Å². The van der Waals surface area contributed by atoms with E-state index in [1.807, 2.05) is 12.3 Å². The Morgan fingerprint density at radius 2 is 2.09 bits per heavy atom. The molecule has 2 heterocycles. The lowest BCUT2D eigenvalue weighted by Gasteiger charge is -2.41. The van der Waals surface area contributed by atoms with Gasteiger partial charge in [0, 0.05) is 6.54 Å².